The van der Waals surface area contributed by atoms with Crippen molar-refractivity contribution >= 4 is 23.2 Å². The molecule has 3 rings (SSSR count). The van der Waals surface area contributed by atoms with E-state index in [2.05, 4.69) is 10.3 Å². The Kier molecular flexibility index (Phi) is 4.20. The molecule has 2 heterocycles. The maximum atomic E-state index is 12.1. The van der Waals surface area contributed by atoms with Gasteiger partial charge in [0.1, 0.15) is 6.61 Å². The number of rotatable bonds is 4. The van der Waals surface area contributed by atoms with Crippen LogP contribution in [0.1, 0.15) is 28.2 Å². The Labute approximate surface area is 132 Å². The highest BCUT2D eigenvalue weighted by atomic mass is 32.1. The van der Waals surface area contributed by atoms with Gasteiger partial charge in [-0.1, -0.05) is 12.1 Å². The maximum Gasteiger partial charge on any atom is 0.338 e. The molecule has 1 fully saturated rings. The molecule has 2 aromatic rings. The van der Waals surface area contributed by atoms with Gasteiger partial charge in [0.25, 0.3) is 0 Å². The first kappa shape index (κ1) is 14.7. The Morgan fingerprint density at radius 3 is 3.05 bits per heavy atom. The van der Waals surface area contributed by atoms with Crippen molar-refractivity contribution in [2.75, 3.05) is 6.61 Å². The van der Waals surface area contributed by atoms with Gasteiger partial charge in [0.15, 0.2) is 0 Å². The first-order valence-corrected chi connectivity index (χ1v) is 7.99. The number of aryl methyl sites for hydroxylation is 1. The first-order chi connectivity index (χ1) is 10.6. The Bertz CT molecular complexity index is 711. The Hall–Kier alpha value is -2.21. The molecule has 1 aromatic carbocycles. The molecule has 114 valence electrons. The van der Waals surface area contributed by atoms with Gasteiger partial charge >= 0.3 is 5.97 Å². The van der Waals surface area contributed by atoms with Crippen molar-refractivity contribution in [1.82, 2.24) is 10.3 Å². The zero-order valence-corrected chi connectivity index (χ0v) is 13.0. The summed E-state index contributed by atoms with van der Waals surface area (Å²) in [5, 5.41) is 5.73. The van der Waals surface area contributed by atoms with E-state index in [1.54, 1.807) is 23.5 Å². The van der Waals surface area contributed by atoms with Crippen molar-refractivity contribution in [3.63, 3.8) is 0 Å². The van der Waals surface area contributed by atoms with Crippen molar-refractivity contribution in [1.29, 1.82) is 0 Å². The molecule has 1 aliphatic heterocycles. The van der Waals surface area contributed by atoms with Gasteiger partial charge in [-0.3, -0.25) is 4.79 Å². The normalized spacial score (nSPS) is 17.3. The number of ether oxygens (including phenoxy) is 1. The summed E-state index contributed by atoms with van der Waals surface area (Å²) in [5.41, 5.74) is 2.25. The third kappa shape index (κ3) is 3.33. The monoisotopic (exact) mass is 316 g/mol. The van der Waals surface area contributed by atoms with Crippen LogP contribution in [0, 0.1) is 6.92 Å². The lowest BCUT2D eigenvalue weighted by Gasteiger charge is -2.11. The summed E-state index contributed by atoms with van der Waals surface area (Å²) in [5.74, 6) is -0.364. The molecule has 5 nitrogen and oxygen atoms in total. The molecule has 1 aromatic heterocycles. The van der Waals surface area contributed by atoms with Crippen molar-refractivity contribution in [3.8, 4) is 11.3 Å². The molecule has 0 saturated carbocycles. The number of hydrogen-bond acceptors (Lipinski definition) is 5. The Morgan fingerprint density at radius 1 is 1.50 bits per heavy atom. The van der Waals surface area contributed by atoms with Crippen LogP contribution < -0.4 is 5.32 Å². The first-order valence-electron chi connectivity index (χ1n) is 7.11. The minimum Gasteiger partial charge on any atom is -0.460 e. The predicted molar refractivity (Wildman–Crippen MR) is 83.7 cm³/mol. The summed E-state index contributed by atoms with van der Waals surface area (Å²) in [7, 11) is 0. The van der Waals surface area contributed by atoms with Crippen LogP contribution in [-0.4, -0.2) is 29.5 Å². The van der Waals surface area contributed by atoms with Crippen LogP contribution in [0.5, 0.6) is 0 Å². The fourth-order valence-corrected chi connectivity index (χ4v) is 2.99. The number of hydrogen-bond donors (Lipinski definition) is 1. The van der Waals surface area contributed by atoms with Gasteiger partial charge in [-0.25, -0.2) is 9.78 Å². The summed E-state index contributed by atoms with van der Waals surface area (Å²) in [6, 6.07) is 7.17. The average molecular weight is 316 g/mol. The van der Waals surface area contributed by atoms with Crippen LogP contribution in [0.3, 0.4) is 0 Å². The number of nitrogens with one attached hydrogen (secondary N) is 1. The Balaban J connectivity index is 1.66. The smallest absolute Gasteiger partial charge is 0.338 e. The standard InChI is InChI=1S/C16H16N2O3S/c1-10-17-14(9-22-10)11-3-2-4-12(7-11)16(20)21-8-13-5-6-15(19)18-13/h2-4,7,9,13H,5-6,8H2,1H3,(H,18,19)/t13-/m0/s1. The quantitative estimate of drug-likeness (QED) is 0.880. The molecular formula is C16H16N2O3S. The SMILES string of the molecule is Cc1nc(-c2cccc(C(=O)OC[C@@H]3CCC(=O)N3)c2)cs1. The van der Waals surface area contributed by atoms with Gasteiger partial charge in [-0.05, 0) is 25.5 Å². The minimum atomic E-state index is -0.380. The highest BCUT2D eigenvalue weighted by molar-refractivity contribution is 7.09. The molecule has 1 atom stereocenters. The van der Waals surface area contributed by atoms with E-state index >= 15 is 0 Å². The zero-order chi connectivity index (χ0) is 15.5. The van der Waals surface area contributed by atoms with E-state index in [0.29, 0.717) is 18.4 Å². The van der Waals surface area contributed by atoms with E-state index in [-0.39, 0.29) is 24.5 Å². The summed E-state index contributed by atoms with van der Waals surface area (Å²) in [6.45, 7) is 2.16. The molecule has 1 amide bonds. The fraction of sp³-hybridized carbons (Fsp3) is 0.312. The second kappa shape index (κ2) is 6.27. The number of benzene rings is 1. The van der Waals surface area contributed by atoms with Gasteiger partial charge in [0, 0.05) is 17.4 Å². The van der Waals surface area contributed by atoms with Crippen LogP contribution >= 0.6 is 11.3 Å². The van der Waals surface area contributed by atoms with E-state index in [9.17, 15) is 9.59 Å². The van der Waals surface area contributed by atoms with Crippen LogP contribution in [0.25, 0.3) is 11.3 Å². The average Bonchev–Trinajstić information content (AvgIpc) is 3.13. The van der Waals surface area contributed by atoms with Crippen LogP contribution in [-0.2, 0) is 9.53 Å². The topological polar surface area (TPSA) is 68.3 Å². The molecule has 0 spiro atoms. The third-order valence-corrected chi connectivity index (χ3v) is 4.29. The van der Waals surface area contributed by atoms with Crippen LogP contribution in [0.2, 0.25) is 0 Å². The summed E-state index contributed by atoms with van der Waals surface area (Å²) < 4.78 is 5.28. The molecule has 0 unspecified atom stereocenters. The molecule has 1 saturated heterocycles. The molecule has 0 radical (unpaired) electrons. The third-order valence-electron chi connectivity index (χ3n) is 3.51. The van der Waals surface area contributed by atoms with E-state index in [1.807, 2.05) is 24.4 Å². The maximum absolute atomic E-state index is 12.1. The lowest BCUT2D eigenvalue weighted by molar-refractivity contribution is -0.119. The lowest BCUT2D eigenvalue weighted by Crippen LogP contribution is -2.30. The summed E-state index contributed by atoms with van der Waals surface area (Å²) in [6.07, 6.45) is 1.21. The predicted octanol–water partition coefficient (Wildman–Crippen LogP) is 2.55. The molecule has 1 N–H and O–H groups in total. The largest absolute Gasteiger partial charge is 0.460 e. The highest BCUT2D eigenvalue weighted by Crippen LogP contribution is 2.22. The van der Waals surface area contributed by atoms with E-state index in [1.165, 1.54) is 0 Å². The number of thiazole rings is 1. The van der Waals surface area contributed by atoms with Crippen LogP contribution in [0.15, 0.2) is 29.6 Å². The van der Waals surface area contributed by atoms with E-state index in [0.717, 1.165) is 16.3 Å². The van der Waals surface area contributed by atoms with Crippen molar-refractivity contribution in [3.05, 3.63) is 40.2 Å². The van der Waals surface area contributed by atoms with Gasteiger partial charge < -0.3 is 10.1 Å². The number of carbonyl (C=O) groups is 2. The van der Waals surface area contributed by atoms with E-state index < -0.39 is 0 Å². The molecule has 6 heteroatoms. The summed E-state index contributed by atoms with van der Waals surface area (Å²) >= 11 is 1.57. The van der Waals surface area contributed by atoms with Gasteiger partial charge in [-0.15, -0.1) is 11.3 Å². The minimum absolute atomic E-state index is 0.0157. The lowest BCUT2D eigenvalue weighted by atomic mass is 10.1. The molecular weight excluding hydrogens is 300 g/mol. The van der Waals surface area contributed by atoms with Crippen molar-refractivity contribution in [2.45, 2.75) is 25.8 Å². The van der Waals surface area contributed by atoms with Gasteiger partial charge in [0.2, 0.25) is 5.91 Å². The van der Waals surface area contributed by atoms with Crippen LogP contribution in [0.4, 0.5) is 0 Å². The molecule has 22 heavy (non-hydrogen) atoms. The van der Waals surface area contributed by atoms with Crippen molar-refractivity contribution in [2.24, 2.45) is 0 Å². The number of esters is 1. The number of nitrogens with zero attached hydrogens (tertiary/aromatic N) is 1. The fourth-order valence-electron chi connectivity index (χ4n) is 2.36. The van der Waals surface area contributed by atoms with Gasteiger partial charge in [0.05, 0.1) is 22.3 Å². The second-order valence-electron chi connectivity index (χ2n) is 5.23. The molecule has 0 bridgehead atoms. The molecule has 1 aliphatic rings. The number of carbonyl (C=O) groups excluding carboxylic acids is 2. The Morgan fingerprint density at radius 2 is 2.36 bits per heavy atom. The summed E-state index contributed by atoms with van der Waals surface area (Å²) in [4.78, 5) is 27.7. The van der Waals surface area contributed by atoms with Crippen molar-refractivity contribution < 1.29 is 14.3 Å². The van der Waals surface area contributed by atoms with Gasteiger partial charge in [-0.2, -0.15) is 0 Å². The highest BCUT2D eigenvalue weighted by Gasteiger charge is 2.22. The van der Waals surface area contributed by atoms with E-state index in [4.69, 9.17) is 4.74 Å². The number of aromatic nitrogens is 1. The zero-order valence-electron chi connectivity index (χ0n) is 12.2. The number of amides is 1. The second-order valence-corrected chi connectivity index (χ2v) is 6.30. The molecule has 0 aliphatic carbocycles.